The number of piperidine rings is 1. The van der Waals surface area contributed by atoms with Crippen LogP contribution in [0, 0.1) is 0 Å². The molecule has 0 saturated carbocycles. The van der Waals surface area contributed by atoms with E-state index in [2.05, 4.69) is 48.0 Å². The molecule has 2 heterocycles. The van der Waals surface area contributed by atoms with Crippen molar-refractivity contribution in [2.75, 3.05) is 32.5 Å². The average molecular weight is 278 g/mol. The van der Waals surface area contributed by atoms with Gasteiger partial charge >= 0.3 is 0 Å². The Labute approximate surface area is 121 Å². The zero-order chi connectivity index (χ0) is 14.8. The van der Waals surface area contributed by atoms with Crippen LogP contribution in [0.3, 0.4) is 0 Å². The monoisotopic (exact) mass is 278 g/mol. The lowest BCUT2D eigenvalue weighted by atomic mass is 9.96. The van der Waals surface area contributed by atoms with Crippen LogP contribution in [0.2, 0.25) is 0 Å². The van der Waals surface area contributed by atoms with Crippen LogP contribution in [0.25, 0.3) is 0 Å². The molecule has 1 aromatic rings. The summed E-state index contributed by atoms with van der Waals surface area (Å²) < 4.78 is 6.06. The van der Waals surface area contributed by atoms with Crippen LogP contribution < -0.4 is 10.1 Å². The Hall–Kier alpha value is -1.36. The maximum absolute atomic E-state index is 6.06. The summed E-state index contributed by atoms with van der Waals surface area (Å²) in [6, 6.07) is 1.88. The van der Waals surface area contributed by atoms with Gasteiger partial charge in [-0.05, 0) is 19.9 Å². The van der Waals surface area contributed by atoms with E-state index in [1.54, 1.807) is 0 Å². The fourth-order valence-corrected chi connectivity index (χ4v) is 2.22. The summed E-state index contributed by atoms with van der Waals surface area (Å²) in [4.78, 5) is 11.4. The molecule has 0 aromatic carbocycles. The maximum Gasteiger partial charge on any atom is 0.219 e. The summed E-state index contributed by atoms with van der Waals surface area (Å²) in [6.45, 7) is 8.50. The largest absolute Gasteiger partial charge is 0.474 e. The van der Waals surface area contributed by atoms with Crippen molar-refractivity contribution in [3.63, 3.8) is 0 Å². The molecule has 5 heteroatoms. The Bertz CT molecular complexity index is 448. The van der Waals surface area contributed by atoms with Gasteiger partial charge in [0, 0.05) is 31.6 Å². The van der Waals surface area contributed by atoms with Crippen molar-refractivity contribution in [2.45, 2.75) is 45.1 Å². The number of hydrogen-bond donors (Lipinski definition) is 1. The molecule has 1 aromatic heterocycles. The van der Waals surface area contributed by atoms with E-state index in [1.165, 1.54) is 0 Å². The zero-order valence-corrected chi connectivity index (χ0v) is 13.2. The molecule has 0 spiro atoms. The predicted octanol–water partition coefficient (Wildman–Crippen LogP) is 2.29. The first kappa shape index (κ1) is 15.0. The fourth-order valence-electron chi connectivity index (χ4n) is 2.22. The first-order valence-corrected chi connectivity index (χ1v) is 7.31. The van der Waals surface area contributed by atoms with Crippen LogP contribution in [0.5, 0.6) is 5.88 Å². The molecule has 0 atom stereocenters. The van der Waals surface area contributed by atoms with Gasteiger partial charge < -0.3 is 15.0 Å². The molecule has 1 fully saturated rings. The quantitative estimate of drug-likeness (QED) is 0.919. The average Bonchev–Trinajstić information content (AvgIpc) is 2.40. The molecule has 0 aliphatic carbocycles. The van der Waals surface area contributed by atoms with Crippen LogP contribution in [0.15, 0.2) is 6.07 Å². The maximum atomic E-state index is 6.06. The number of anilines is 1. The van der Waals surface area contributed by atoms with Crippen molar-refractivity contribution in [3.05, 3.63) is 11.9 Å². The number of rotatable bonds is 3. The summed E-state index contributed by atoms with van der Waals surface area (Å²) in [5.74, 6) is 2.31. The second-order valence-electron chi connectivity index (χ2n) is 6.54. The molecule has 1 N–H and O–H groups in total. The smallest absolute Gasteiger partial charge is 0.219 e. The van der Waals surface area contributed by atoms with Gasteiger partial charge in [0.25, 0.3) is 0 Å². The van der Waals surface area contributed by atoms with Gasteiger partial charge in [0.2, 0.25) is 5.88 Å². The van der Waals surface area contributed by atoms with Gasteiger partial charge in [0.1, 0.15) is 17.7 Å². The van der Waals surface area contributed by atoms with Crippen molar-refractivity contribution in [1.82, 2.24) is 14.9 Å². The lowest BCUT2D eigenvalue weighted by Crippen LogP contribution is -2.36. The van der Waals surface area contributed by atoms with Gasteiger partial charge in [-0.15, -0.1) is 0 Å². The number of nitrogens with zero attached hydrogens (tertiary/aromatic N) is 3. The van der Waals surface area contributed by atoms with Crippen LogP contribution in [-0.2, 0) is 5.41 Å². The highest BCUT2D eigenvalue weighted by molar-refractivity contribution is 5.38. The van der Waals surface area contributed by atoms with Crippen LogP contribution in [0.4, 0.5) is 5.82 Å². The van der Waals surface area contributed by atoms with E-state index in [0.717, 1.165) is 37.6 Å². The highest BCUT2D eigenvalue weighted by atomic mass is 16.5. The first-order chi connectivity index (χ1) is 9.38. The second-order valence-corrected chi connectivity index (χ2v) is 6.54. The molecule has 1 aliphatic heterocycles. The molecule has 20 heavy (non-hydrogen) atoms. The summed E-state index contributed by atoms with van der Waals surface area (Å²) in [5.41, 5.74) is -0.0856. The van der Waals surface area contributed by atoms with Crippen molar-refractivity contribution in [3.8, 4) is 5.88 Å². The molecule has 0 amide bonds. The third-order valence-electron chi connectivity index (χ3n) is 3.58. The van der Waals surface area contributed by atoms with Gasteiger partial charge in [-0.1, -0.05) is 20.8 Å². The number of aromatic nitrogens is 2. The van der Waals surface area contributed by atoms with E-state index in [0.29, 0.717) is 5.88 Å². The Morgan fingerprint density at radius 3 is 2.45 bits per heavy atom. The molecule has 112 valence electrons. The summed E-state index contributed by atoms with van der Waals surface area (Å²) in [6.07, 6.45) is 2.37. The summed E-state index contributed by atoms with van der Waals surface area (Å²) in [5, 5.41) is 3.08. The summed E-state index contributed by atoms with van der Waals surface area (Å²) in [7, 11) is 4.02. The van der Waals surface area contributed by atoms with E-state index < -0.39 is 0 Å². The number of hydrogen-bond acceptors (Lipinski definition) is 5. The highest BCUT2D eigenvalue weighted by Crippen LogP contribution is 2.25. The number of likely N-dealkylation sites (tertiary alicyclic amines) is 1. The van der Waals surface area contributed by atoms with E-state index in [4.69, 9.17) is 4.74 Å². The van der Waals surface area contributed by atoms with Crippen LogP contribution >= 0.6 is 0 Å². The minimum atomic E-state index is -0.0856. The standard InChI is InChI=1S/C15H26N4O/c1-15(2,3)14-17-12(16-4)10-13(18-14)20-11-6-8-19(5)9-7-11/h10-11H,6-9H2,1-5H3,(H,16,17,18). The Morgan fingerprint density at radius 1 is 1.25 bits per heavy atom. The third kappa shape index (κ3) is 3.82. The lowest BCUT2D eigenvalue weighted by Gasteiger charge is -2.29. The third-order valence-corrected chi connectivity index (χ3v) is 3.58. The van der Waals surface area contributed by atoms with Crippen molar-refractivity contribution in [1.29, 1.82) is 0 Å². The van der Waals surface area contributed by atoms with Gasteiger partial charge in [0.05, 0.1) is 0 Å². The Morgan fingerprint density at radius 2 is 1.90 bits per heavy atom. The molecular weight excluding hydrogens is 252 g/mol. The molecule has 2 rings (SSSR count). The second kappa shape index (κ2) is 5.95. The van der Waals surface area contributed by atoms with Gasteiger partial charge in [0.15, 0.2) is 0 Å². The SMILES string of the molecule is CNc1cc(OC2CCN(C)CC2)nc(C(C)(C)C)n1. The molecule has 1 saturated heterocycles. The molecule has 5 nitrogen and oxygen atoms in total. The molecule has 1 aliphatic rings. The molecular formula is C15H26N4O. The van der Waals surface area contributed by atoms with Crippen molar-refractivity contribution in [2.24, 2.45) is 0 Å². The highest BCUT2D eigenvalue weighted by Gasteiger charge is 2.22. The van der Waals surface area contributed by atoms with E-state index in [1.807, 2.05) is 13.1 Å². The molecule has 0 bridgehead atoms. The minimum absolute atomic E-state index is 0.0856. The van der Waals surface area contributed by atoms with E-state index in [-0.39, 0.29) is 11.5 Å². The van der Waals surface area contributed by atoms with Crippen LogP contribution in [0.1, 0.15) is 39.4 Å². The topological polar surface area (TPSA) is 50.3 Å². The van der Waals surface area contributed by atoms with E-state index in [9.17, 15) is 0 Å². The van der Waals surface area contributed by atoms with E-state index >= 15 is 0 Å². The predicted molar refractivity (Wildman–Crippen MR) is 81.4 cm³/mol. The lowest BCUT2D eigenvalue weighted by molar-refractivity contribution is 0.109. The fraction of sp³-hybridized carbons (Fsp3) is 0.733. The first-order valence-electron chi connectivity index (χ1n) is 7.31. The zero-order valence-electron chi connectivity index (χ0n) is 13.2. The van der Waals surface area contributed by atoms with Gasteiger partial charge in [-0.3, -0.25) is 0 Å². The molecule has 0 unspecified atom stereocenters. The number of nitrogens with one attached hydrogen (secondary N) is 1. The van der Waals surface area contributed by atoms with Crippen molar-refractivity contribution < 1.29 is 4.74 Å². The van der Waals surface area contributed by atoms with Gasteiger partial charge in [-0.25, -0.2) is 4.98 Å². The normalized spacial score (nSPS) is 18.1. The molecule has 0 radical (unpaired) electrons. The Kier molecular flexibility index (Phi) is 4.48. The Balaban J connectivity index is 2.14. The number of ether oxygens (including phenoxy) is 1. The minimum Gasteiger partial charge on any atom is -0.474 e. The summed E-state index contributed by atoms with van der Waals surface area (Å²) >= 11 is 0. The van der Waals surface area contributed by atoms with Crippen LogP contribution in [-0.4, -0.2) is 48.2 Å². The van der Waals surface area contributed by atoms with Gasteiger partial charge in [-0.2, -0.15) is 4.98 Å². The van der Waals surface area contributed by atoms with Crippen molar-refractivity contribution >= 4 is 5.82 Å².